The highest BCUT2D eigenvalue weighted by molar-refractivity contribution is 6.09. The van der Waals surface area contributed by atoms with Crippen LogP contribution in [0.2, 0.25) is 0 Å². The Labute approximate surface area is 322 Å². The molecule has 4 rings (SSSR count). The Morgan fingerprint density at radius 3 is 2.33 bits per heavy atom. The molecule has 0 aliphatic carbocycles. The molecular weight excluding hydrogens is 706 g/mol. The Morgan fingerprint density at radius 1 is 1.04 bits per heavy atom. The summed E-state index contributed by atoms with van der Waals surface area (Å²) in [6.07, 6.45) is 3.53. The zero-order valence-electron chi connectivity index (χ0n) is 32.7. The number of amides is 3. The number of allylic oxidation sites excluding steroid dienone is 2. The van der Waals surface area contributed by atoms with Crippen LogP contribution < -0.4 is 16.4 Å². The fourth-order valence-electron chi connectivity index (χ4n) is 6.62. The summed E-state index contributed by atoms with van der Waals surface area (Å²) in [5, 5.41) is 39.7. The summed E-state index contributed by atoms with van der Waals surface area (Å²) in [5.74, 6) is -2.43. The summed E-state index contributed by atoms with van der Waals surface area (Å²) in [7, 11) is 4.99. The van der Waals surface area contributed by atoms with Gasteiger partial charge in [0.15, 0.2) is 6.10 Å². The number of hydrogen-bond acceptors (Lipinski definition) is 11. The number of piperazine rings is 1. The minimum atomic E-state index is -1.05. The molecule has 0 spiro atoms. The molecule has 3 amide bonds. The number of nitrogens with two attached hydrogens (primary N) is 1. The van der Waals surface area contributed by atoms with Crippen molar-refractivity contribution >= 4 is 35.4 Å². The van der Waals surface area contributed by atoms with E-state index in [4.69, 9.17) is 19.9 Å². The van der Waals surface area contributed by atoms with Gasteiger partial charge in [0.1, 0.15) is 17.6 Å². The average molecular weight is 762 g/mol. The number of hydrogen-bond donors (Lipinski definition) is 6. The van der Waals surface area contributed by atoms with Gasteiger partial charge in [-0.2, -0.15) is 0 Å². The summed E-state index contributed by atoms with van der Waals surface area (Å²) in [6.45, 7) is 11.5. The molecular formula is C41H55N5O9. The molecule has 0 saturated carbocycles. The quantitative estimate of drug-likeness (QED) is 0.129. The summed E-state index contributed by atoms with van der Waals surface area (Å²) >= 11 is 0. The average Bonchev–Trinajstić information content (AvgIpc) is 3.15. The van der Waals surface area contributed by atoms with Crippen molar-refractivity contribution in [3.8, 4) is 11.5 Å². The maximum Gasteiger partial charge on any atom is 0.405 e. The lowest BCUT2D eigenvalue weighted by atomic mass is 9.91. The SMILES string of the molecule is CO[C@H]1C=CC=C(C)C(=O)Nc2cc(O)c(NC(=O)c3ccc(CN4CCN(C)CC4)cc3)c(c2O)C=C(C)C[C@H](OC)[C@H](O)[C@@H](C)C=C(C)[C@@H]1OC(N)=O. The standard InChI is InChI=1S/C41H55N5O9/c1-24-19-30-35(44-40(51)29-13-11-28(12-14-29)23-46-17-15-45(5)16-18-46)32(47)22-31(37(30)49)43-39(50)25(2)9-8-10-33(53-6)38(55-41(42)52)27(4)21-26(3)36(48)34(20-24)54-7/h8-14,19,21-22,26,33-34,36,38,47-49H,15-18,20,23H2,1-7H3,(H2,42,52)(H,43,50)(H,44,51)/t26-,33-,34-,36+,38-/m0/s1. The minimum absolute atomic E-state index is 0.0368. The monoisotopic (exact) mass is 761 g/mol. The lowest BCUT2D eigenvalue weighted by Gasteiger charge is -2.32. The van der Waals surface area contributed by atoms with Crippen molar-refractivity contribution in [1.82, 2.24) is 9.80 Å². The van der Waals surface area contributed by atoms with Crippen molar-refractivity contribution < 1.29 is 43.9 Å². The molecule has 14 nitrogen and oxygen atoms in total. The first-order valence-electron chi connectivity index (χ1n) is 18.2. The Balaban J connectivity index is 1.72. The molecule has 298 valence electrons. The van der Waals surface area contributed by atoms with Gasteiger partial charge in [0.2, 0.25) is 0 Å². The number of primary amides is 1. The Hall–Kier alpha value is -4.99. The largest absolute Gasteiger partial charge is 0.506 e. The number of likely N-dealkylation sites (N-methyl/N-ethyl adjacent to an activating group) is 1. The number of phenolic OH excluding ortho intramolecular Hbond substituents is 2. The van der Waals surface area contributed by atoms with Crippen LogP contribution in [0.15, 0.2) is 71.4 Å². The van der Waals surface area contributed by atoms with E-state index in [2.05, 4.69) is 27.5 Å². The highest BCUT2D eigenvalue weighted by Crippen LogP contribution is 2.42. The third-order valence-corrected chi connectivity index (χ3v) is 9.95. The first-order chi connectivity index (χ1) is 26.1. The second kappa shape index (κ2) is 19.6. The highest BCUT2D eigenvalue weighted by atomic mass is 16.6. The van der Waals surface area contributed by atoms with E-state index in [-0.39, 0.29) is 28.9 Å². The van der Waals surface area contributed by atoms with Gasteiger partial charge >= 0.3 is 6.09 Å². The van der Waals surface area contributed by atoms with Crippen molar-refractivity contribution in [1.29, 1.82) is 0 Å². The fourth-order valence-corrected chi connectivity index (χ4v) is 6.62. The van der Waals surface area contributed by atoms with Crippen molar-refractivity contribution in [3.05, 3.63) is 88.0 Å². The molecule has 2 aromatic rings. The first-order valence-corrected chi connectivity index (χ1v) is 18.2. The van der Waals surface area contributed by atoms with E-state index in [0.29, 0.717) is 16.7 Å². The molecule has 2 aromatic carbocycles. The van der Waals surface area contributed by atoms with Crippen LogP contribution in [0.25, 0.3) is 6.08 Å². The van der Waals surface area contributed by atoms with E-state index < -0.39 is 59.7 Å². The molecule has 2 aliphatic rings. The van der Waals surface area contributed by atoms with Gasteiger partial charge in [-0.1, -0.05) is 48.9 Å². The summed E-state index contributed by atoms with van der Waals surface area (Å²) in [5.41, 5.74) is 8.04. The molecule has 5 atom stereocenters. The summed E-state index contributed by atoms with van der Waals surface area (Å²) < 4.78 is 16.7. The van der Waals surface area contributed by atoms with Crippen LogP contribution in [-0.4, -0.2) is 115 Å². The van der Waals surface area contributed by atoms with Crippen LogP contribution in [-0.2, 0) is 25.5 Å². The van der Waals surface area contributed by atoms with Crippen LogP contribution in [0.4, 0.5) is 16.2 Å². The third kappa shape index (κ3) is 11.5. The van der Waals surface area contributed by atoms with Gasteiger partial charge < -0.3 is 50.8 Å². The zero-order valence-corrected chi connectivity index (χ0v) is 32.7. The third-order valence-electron chi connectivity index (χ3n) is 9.95. The zero-order chi connectivity index (χ0) is 40.4. The minimum Gasteiger partial charge on any atom is -0.506 e. The van der Waals surface area contributed by atoms with E-state index >= 15 is 0 Å². The number of rotatable bonds is 7. The molecule has 0 radical (unpaired) electrons. The molecule has 0 aromatic heterocycles. The topological polar surface area (TPSA) is 196 Å². The van der Waals surface area contributed by atoms with E-state index in [9.17, 15) is 29.7 Å². The summed E-state index contributed by atoms with van der Waals surface area (Å²) in [6, 6.07) is 8.38. The first kappa shape index (κ1) is 42.7. The highest BCUT2D eigenvalue weighted by Gasteiger charge is 2.29. The second-order valence-corrected chi connectivity index (χ2v) is 14.3. The number of fused-ring (bicyclic) bond motifs is 2. The smallest absolute Gasteiger partial charge is 0.405 e. The maximum absolute atomic E-state index is 13.6. The van der Waals surface area contributed by atoms with Gasteiger partial charge in [-0.3, -0.25) is 14.5 Å². The Bertz CT molecular complexity index is 1810. The number of aliphatic hydroxyl groups excluding tert-OH is 1. The van der Waals surface area contributed by atoms with Crippen LogP contribution in [0.3, 0.4) is 0 Å². The second-order valence-electron chi connectivity index (χ2n) is 14.3. The molecule has 7 N–H and O–H groups in total. The number of anilines is 2. The number of nitrogens with one attached hydrogen (secondary N) is 2. The van der Waals surface area contributed by atoms with Gasteiger partial charge in [-0.25, -0.2) is 4.79 Å². The van der Waals surface area contributed by atoms with E-state index in [1.807, 2.05) is 12.1 Å². The number of aromatic hydroxyl groups is 2. The molecule has 0 unspecified atom stereocenters. The van der Waals surface area contributed by atoms with Crippen LogP contribution in [0.1, 0.15) is 55.6 Å². The molecule has 14 heteroatoms. The fraction of sp³-hybridized carbons (Fsp3) is 0.439. The van der Waals surface area contributed by atoms with Crippen molar-refractivity contribution in [2.75, 3.05) is 58.1 Å². The number of carbonyl (C=O) groups is 3. The molecule has 1 fully saturated rings. The number of nitrogens with zero attached hydrogens (tertiary/aromatic N) is 2. The van der Waals surface area contributed by atoms with E-state index in [1.54, 1.807) is 64.1 Å². The van der Waals surface area contributed by atoms with E-state index in [1.165, 1.54) is 20.3 Å². The number of aliphatic hydroxyl groups is 1. The van der Waals surface area contributed by atoms with Crippen LogP contribution >= 0.6 is 0 Å². The Kier molecular flexibility index (Phi) is 15.2. The normalized spacial score (nSPS) is 23.6. The predicted octanol–water partition coefficient (Wildman–Crippen LogP) is 4.78. The predicted molar refractivity (Wildman–Crippen MR) is 212 cm³/mol. The van der Waals surface area contributed by atoms with Crippen molar-refractivity contribution in [2.45, 2.75) is 65.1 Å². The van der Waals surface area contributed by atoms with Gasteiger partial charge in [-0.15, -0.1) is 0 Å². The van der Waals surface area contributed by atoms with Gasteiger partial charge in [-0.05, 0) is 63.6 Å². The van der Waals surface area contributed by atoms with E-state index in [0.717, 1.165) is 44.4 Å². The molecule has 1 saturated heterocycles. The number of methoxy groups -OCH3 is 2. The maximum atomic E-state index is 13.6. The molecule has 55 heavy (non-hydrogen) atoms. The number of benzene rings is 2. The lowest BCUT2D eigenvalue weighted by molar-refractivity contribution is -0.112. The van der Waals surface area contributed by atoms with Crippen molar-refractivity contribution in [3.63, 3.8) is 0 Å². The van der Waals surface area contributed by atoms with Gasteiger partial charge in [0.25, 0.3) is 11.8 Å². The van der Waals surface area contributed by atoms with Crippen LogP contribution in [0.5, 0.6) is 11.5 Å². The van der Waals surface area contributed by atoms with Gasteiger partial charge in [0, 0.05) is 75.6 Å². The lowest BCUT2D eigenvalue weighted by Crippen LogP contribution is -2.43. The van der Waals surface area contributed by atoms with Gasteiger partial charge in [0.05, 0.1) is 23.6 Å². The molecule has 2 aliphatic heterocycles. The number of carbonyl (C=O) groups excluding carboxylic acids is 3. The number of ether oxygens (including phenoxy) is 3. The summed E-state index contributed by atoms with van der Waals surface area (Å²) in [4.78, 5) is 43.4. The van der Waals surface area contributed by atoms with Crippen LogP contribution in [0, 0.1) is 5.92 Å². The molecule has 2 bridgehead atoms. The molecule has 2 heterocycles. The number of phenols is 2. The Morgan fingerprint density at radius 2 is 1.71 bits per heavy atom. The van der Waals surface area contributed by atoms with Crippen molar-refractivity contribution in [2.24, 2.45) is 11.7 Å².